The smallest absolute Gasteiger partial charge is 0.224 e. The molecule has 0 aliphatic heterocycles. The zero-order valence-corrected chi connectivity index (χ0v) is 10.3. The maximum atomic E-state index is 5.83. The Balaban J connectivity index is 2.36. The summed E-state index contributed by atoms with van der Waals surface area (Å²) in [6, 6.07) is 1.76. The van der Waals surface area contributed by atoms with Gasteiger partial charge in [0, 0.05) is 24.8 Å². The molecule has 0 aromatic carbocycles. The summed E-state index contributed by atoms with van der Waals surface area (Å²) in [6.07, 6.45) is 5.20. The second-order valence-electron chi connectivity index (χ2n) is 3.86. The zero-order valence-electron chi connectivity index (χ0n) is 9.50. The van der Waals surface area contributed by atoms with Crippen LogP contribution < -0.4 is 5.73 Å². The highest BCUT2D eigenvalue weighted by atomic mass is 35.5. The number of fused-ring (bicyclic) bond motifs is 1. The van der Waals surface area contributed by atoms with E-state index in [2.05, 4.69) is 19.9 Å². The number of hydrogen-bond acceptors (Lipinski definition) is 5. The quantitative estimate of drug-likeness (QED) is 0.673. The third kappa shape index (κ3) is 1.67. The third-order valence-electron chi connectivity index (χ3n) is 2.56. The van der Waals surface area contributed by atoms with Crippen molar-refractivity contribution in [1.29, 1.82) is 0 Å². The first-order valence-corrected chi connectivity index (χ1v) is 5.59. The van der Waals surface area contributed by atoms with E-state index in [9.17, 15) is 0 Å². The third-order valence-corrected chi connectivity index (χ3v) is 2.73. The van der Waals surface area contributed by atoms with Crippen molar-refractivity contribution >= 4 is 28.3 Å². The van der Waals surface area contributed by atoms with Gasteiger partial charge in [-0.2, -0.15) is 0 Å². The number of imidazole rings is 1. The zero-order chi connectivity index (χ0) is 12.7. The van der Waals surface area contributed by atoms with Crippen LogP contribution in [-0.4, -0.2) is 24.5 Å². The average molecular weight is 261 g/mol. The molecule has 0 aliphatic carbocycles. The number of pyridine rings is 1. The molecule has 0 radical (unpaired) electrons. The van der Waals surface area contributed by atoms with Crippen molar-refractivity contribution < 1.29 is 0 Å². The minimum Gasteiger partial charge on any atom is -0.383 e. The van der Waals surface area contributed by atoms with E-state index in [1.54, 1.807) is 18.6 Å². The molecule has 3 heterocycles. The number of rotatable bonds is 1. The minimum absolute atomic E-state index is 0.102. The molecule has 6 nitrogen and oxygen atoms in total. The van der Waals surface area contributed by atoms with Gasteiger partial charge in [-0.15, -0.1) is 0 Å². The van der Waals surface area contributed by atoms with Gasteiger partial charge in [0.2, 0.25) is 5.28 Å². The molecule has 18 heavy (non-hydrogen) atoms. The molecule has 0 aliphatic rings. The maximum Gasteiger partial charge on any atom is 0.224 e. The fourth-order valence-electron chi connectivity index (χ4n) is 1.77. The van der Waals surface area contributed by atoms with Crippen LogP contribution in [0.1, 0.15) is 0 Å². The molecule has 0 saturated carbocycles. The maximum absolute atomic E-state index is 5.83. The van der Waals surface area contributed by atoms with E-state index in [0.717, 1.165) is 11.1 Å². The Kier molecular flexibility index (Phi) is 2.38. The Hall–Kier alpha value is -2.21. The Morgan fingerprint density at radius 2 is 2.11 bits per heavy atom. The number of hydrogen-bond donors (Lipinski definition) is 1. The van der Waals surface area contributed by atoms with Gasteiger partial charge in [0.05, 0.1) is 6.33 Å². The summed E-state index contributed by atoms with van der Waals surface area (Å²) in [7, 11) is 1.89. The lowest BCUT2D eigenvalue weighted by Gasteiger charge is -2.04. The molecule has 0 unspecified atom stereocenters. The van der Waals surface area contributed by atoms with Gasteiger partial charge in [-0.3, -0.25) is 4.98 Å². The predicted molar refractivity (Wildman–Crippen MR) is 69.0 cm³/mol. The molecule has 3 aromatic rings. The number of halogens is 1. The van der Waals surface area contributed by atoms with E-state index >= 15 is 0 Å². The molecule has 0 bridgehead atoms. The summed E-state index contributed by atoms with van der Waals surface area (Å²) in [5, 5.41) is 0.820. The Labute approximate surface area is 107 Å². The van der Waals surface area contributed by atoms with Crippen molar-refractivity contribution in [2.24, 2.45) is 7.05 Å². The van der Waals surface area contributed by atoms with E-state index in [1.807, 2.05) is 17.8 Å². The molecule has 0 atom stereocenters. The van der Waals surface area contributed by atoms with Crippen LogP contribution in [0.15, 0.2) is 24.8 Å². The van der Waals surface area contributed by atoms with Crippen molar-refractivity contribution in [3.8, 4) is 11.4 Å². The first-order chi connectivity index (χ1) is 8.65. The van der Waals surface area contributed by atoms with Crippen molar-refractivity contribution in [3.63, 3.8) is 0 Å². The molecule has 0 saturated heterocycles. The lowest BCUT2D eigenvalue weighted by molar-refractivity contribution is 0.913. The fourth-order valence-corrected chi connectivity index (χ4v) is 1.95. The van der Waals surface area contributed by atoms with Gasteiger partial charge in [0.25, 0.3) is 0 Å². The number of nitrogens with two attached hydrogens (primary N) is 1. The van der Waals surface area contributed by atoms with Crippen LogP contribution in [0.3, 0.4) is 0 Å². The van der Waals surface area contributed by atoms with Crippen molar-refractivity contribution in [1.82, 2.24) is 24.5 Å². The highest BCUT2D eigenvalue weighted by molar-refractivity contribution is 6.29. The largest absolute Gasteiger partial charge is 0.383 e. The number of nitrogens with zero attached hydrogens (tertiary/aromatic N) is 5. The molecule has 3 aromatic heterocycles. The summed E-state index contributed by atoms with van der Waals surface area (Å²) in [4.78, 5) is 16.6. The van der Waals surface area contributed by atoms with E-state index in [0.29, 0.717) is 17.0 Å². The normalized spacial score (nSPS) is 11.0. The van der Waals surface area contributed by atoms with Gasteiger partial charge >= 0.3 is 0 Å². The Morgan fingerprint density at radius 3 is 2.83 bits per heavy atom. The molecule has 0 fully saturated rings. The number of aromatic nitrogens is 5. The molecular formula is C11H9ClN6. The van der Waals surface area contributed by atoms with Crippen molar-refractivity contribution in [3.05, 3.63) is 30.1 Å². The molecule has 90 valence electrons. The second-order valence-corrected chi connectivity index (χ2v) is 4.20. The highest BCUT2D eigenvalue weighted by Crippen LogP contribution is 2.27. The standard InChI is InChI=1S/C11H9ClN6/c1-18-4-7(15-5-18)9-8-6(2-3-14-9)10(13)17-11(12)16-8/h2-5H,1H3,(H2,13,16,17). The Morgan fingerprint density at radius 1 is 1.28 bits per heavy atom. The minimum atomic E-state index is 0.102. The van der Waals surface area contributed by atoms with E-state index in [-0.39, 0.29) is 5.28 Å². The van der Waals surface area contributed by atoms with E-state index < -0.39 is 0 Å². The highest BCUT2D eigenvalue weighted by Gasteiger charge is 2.12. The van der Waals surface area contributed by atoms with Crippen molar-refractivity contribution in [2.45, 2.75) is 0 Å². The summed E-state index contributed by atoms with van der Waals surface area (Å²) in [5.41, 5.74) is 7.79. The summed E-state index contributed by atoms with van der Waals surface area (Å²) in [5.74, 6) is 0.338. The lowest BCUT2D eigenvalue weighted by atomic mass is 10.2. The summed E-state index contributed by atoms with van der Waals surface area (Å²) in [6.45, 7) is 0. The van der Waals surface area contributed by atoms with Crippen LogP contribution in [0.25, 0.3) is 22.3 Å². The predicted octanol–water partition coefficient (Wildman–Crippen LogP) is 1.66. The van der Waals surface area contributed by atoms with Crippen LogP contribution in [0.4, 0.5) is 5.82 Å². The van der Waals surface area contributed by atoms with Crippen LogP contribution in [0, 0.1) is 0 Å². The Bertz CT molecular complexity index is 735. The average Bonchev–Trinajstić information content (AvgIpc) is 2.75. The van der Waals surface area contributed by atoms with E-state index in [1.165, 1.54) is 0 Å². The van der Waals surface area contributed by atoms with E-state index in [4.69, 9.17) is 17.3 Å². The SMILES string of the molecule is Cn1cnc(-c2nccc3c(N)nc(Cl)nc23)c1. The monoisotopic (exact) mass is 260 g/mol. The van der Waals surface area contributed by atoms with Gasteiger partial charge in [-0.05, 0) is 17.7 Å². The molecule has 3 rings (SSSR count). The van der Waals surface area contributed by atoms with Crippen LogP contribution in [0.5, 0.6) is 0 Å². The number of anilines is 1. The van der Waals surface area contributed by atoms with Gasteiger partial charge in [0.15, 0.2) is 0 Å². The van der Waals surface area contributed by atoms with Crippen LogP contribution in [-0.2, 0) is 7.05 Å². The number of nitrogen functional groups attached to an aromatic ring is 1. The first kappa shape index (κ1) is 10.9. The molecule has 0 spiro atoms. The summed E-state index contributed by atoms with van der Waals surface area (Å²) < 4.78 is 1.84. The molecular weight excluding hydrogens is 252 g/mol. The molecule has 0 amide bonds. The van der Waals surface area contributed by atoms with Crippen LogP contribution in [0.2, 0.25) is 5.28 Å². The van der Waals surface area contributed by atoms with Gasteiger partial charge in [0.1, 0.15) is 22.7 Å². The number of aryl methyl sites for hydroxylation is 1. The van der Waals surface area contributed by atoms with Crippen LogP contribution >= 0.6 is 11.6 Å². The second kappa shape index (κ2) is 3.92. The topological polar surface area (TPSA) is 82.5 Å². The van der Waals surface area contributed by atoms with Gasteiger partial charge < -0.3 is 10.3 Å². The van der Waals surface area contributed by atoms with Gasteiger partial charge in [-0.1, -0.05) is 0 Å². The molecule has 7 heteroatoms. The summed E-state index contributed by atoms with van der Waals surface area (Å²) >= 11 is 5.83. The van der Waals surface area contributed by atoms with Gasteiger partial charge in [-0.25, -0.2) is 15.0 Å². The fraction of sp³-hybridized carbons (Fsp3) is 0.0909. The van der Waals surface area contributed by atoms with Crippen molar-refractivity contribution in [2.75, 3.05) is 5.73 Å². The lowest BCUT2D eigenvalue weighted by Crippen LogP contribution is -1.97. The molecule has 2 N–H and O–H groups in total. The first-order valence-electron chi connectivity index (χ1n) is 5.21.